The molecule has 3 nitrogen and oxygen atoms in total. The number of piperazine rings is 1. The highest BCUT2D eigenvalue weighted by atomic mass is 16.2. The number of amides is 1. The predicted molar refractivity (Wildman–Crippen MR) is 92.0 cm³/mol. The van der Waals surface area contributed by atoms with E-state index in [1.165, 1.54) is 36.8 Å². The number of carbonyl (C=O) groups excluding carboxylic acids is 1. The topological polar surface area (TPSA) is 23.6 Å². The Kier molecular flexibility index (Phi) is 4.14. The molecule has 0 spiro atoms. The summed E-state index contributed by atoms with van der Waals surface area (Å²) in [5, 5.41) is 0. The van der Waals surface area contributed by atoms with Gasteiger partial charge in [0.15, 0.2) is 0 Å². The van der Waals surface area contributed by atoms with Gasteiger partial charge in [-0.15, -0.1) is 0 Å². The second kappa shape index (κ2) is 6.27. The lowest BCUT2D eigenvalue weighted by Crippen LogP contribution is -2.50. The summed E-state index contributed by atoms with van der Waals surface area (Å²) in [6.45, 7) is 7.06. The molecular formula is C20H28N2O. The van der Waals surface area contributed by atoms with Gasteiger partial charge in [0.05, 0.1) is 0 Å². The summed E-state index contributed by atoms with van der Waals surface area (Å²) in [5.74, 6) is 2.39. The summed E-state index contributed by atoms with van der Waals surface area (Å²) in [6, 6.07) is 8.63. The largest absolute Gasteiger partial charge is 0.340 e. The molecule has 0 N–H and O–H groups in total. The highest BCUT2D eigenvalue weighted by Gasteiger charge is 2.44. The minimum Gasteiger partial charge on any atom is -0.340 e. The van der Waals surface area contributed by atoms with Crippen molar-refractivity contribution in [1.29, 1.82) is 0 Å². The van der Waals surface area contributed by atoms with Gasteiger partial charge in [0.2, 0.25) is 5.91 Å². The predicted octanol–water partition coefficient (Wildman–Crippen LogP) is 3.08. The average molecular weight is 312 g/mol. The molecule has 3 unspecified atom stereocenters. The smallest absolute Gasteiger partial charge is 0.226 e. The van der Waals surface area contributed by atoms with Crippen molar-refractivity contribution < 1.29 is 4.79 Å². The van der Waals surface area contributed by atoms with Gasteiger partial charge in [-0.05, 0) is 49.1 Å². The van der Waals surface area contributed by atoms with Gasteiger partial charge in [-0.3, -0.25) is 9.69 Å². The first-order chi connectivity index (χ1) is 11.2. The van der Waals surface area contributed by atoms with Gasteiger partial charge in [0.1, 0.15) is 0 Å². The molecule has 3 fully saturated rings. The van der Waals surface area contributed by atoms with Crippen LogP contribution in [0, 0.1) is 24.7 Å². The molecule has 0 radical (unpaired) electrons. The van der Waals surface area contributed by atoms with E-state index in [1.54, 1.807) is 0 Å². The van der Waals surface area contributed by atoms with Gasteiger partial charge in [0.25, 0.3) is 0 Å². The minimum atomic E-state index is 0.358. The van der Waals surface area contributed by atoms with Gasteiger partial charge >= 0.3 is 0 Å². The van der Waals surface area contributed by atoms with E-state index >= 15 is 0 Å². The van der Waals surface area contributed by atoms with Crippen molar-refractivity contribution >= 4 is 5.91 Å². The SMILES string of the molecule is Cc1ccccc1CN1CCN(C(=O)C2CC3CCC2C3)CC1. The second-order valence-electron chi connectivity index (χ2n) is 7.81. The Morgan fingerprint density at radius 1 is 1.09 bits per heavy atom. The normalized spacial score (nSPS) is 30.8. The van der Waals surface area contributed by atoms with Crippen LogP contribution in [-0.2, 0) is 11.3 Å². The zero-order valence-corrected chi connectivity index (χ0v) is 14.2. The van der Waals surface area contributed by atoms with Crippen LogP contribution >= 0.6 is 0 Å². The molecule has 3 aliphatic rings. The molecular weight excluding hydrogens is 284 g/mol. The van der Waals surface area contributed by atoms with Crippen LogP contribution in [0.1, 0.15) is 36.8 Å². The van der Waals surface area contributed by atoms with Gasteiger partial charge < -0.3 is 4.90 Å². The molecule has 1 aromatic carbocycles. The summed E-state index contributed by atoms with van der Waals surface area (Å²) in [4.78, 5) is 17.5. The van der Waals surface area contributed by atoms with Gasteiger partial charge in [0, 0.05) is 38.6 Å². The van der Waals surface area contributed by atoms with Gasteiger partial charge in [-0.25, -0.2) is 0 Å². The average Bonchev–Trinajstić information content (AvgIpc) is 3.20. The molecule has 1 aliphatic heterocycles. The Morgan fingerprint density at radius 2 is 1.87 bits per heavy atom. The molecule has 1 heterocycles. The fourth-order valence-electron chi connectivity index (χ4n) is 4.94. The lowest BCUT2D eigenvalue weighted by Gasteiger charge is -2.37. The molecule has 23 heavy (non-hydrogen) atoms. The number of carbonyl (C=O) groups is 1. The third kappa shape index (κ3) is 3.03. The van der Waals surface area contributed by atoms with Crippen molar-refractivity contribution in [3.63, 3.8) is 0 Å². The maximum Gasteiger partial charge on any atom is 0.226 e. The third-order valence-electron chi connectivity index (χ3n) is 6.39. The fourth-order valence-corrected chi connectivity index (χ4v) is 4.94. The van der Waals surface area contributed by atoms with E-state index in [-0.39, 0.29) is 0 Å². The monoisotopic (exact) mass is 312 g/mol. The Labute approximate surface area is 139 Å². The number of fused-ring (bicyclic) bond motifs is 2. The van der Waals surface area contributed by atoms with Crippen LogP contribution in [0.4, 0.5) is 0 Å². The van der Waals surface area contributed by atoms with Crippen LogP contribution in [0.3, 0.4) is 0 Å². The van der Waals surface area contributed by atoms with E-state index in [0.29, 0.717) is 17.7 Å². The first-order valence-corrected chi connectivity index (χ1v) is 9.26. The summed E-state index contributed by atoms with van der Waals surface area (Å²) in [7, 11) is 0. The molecule has 1 saturated heterocycles. The first-order valence-electron chi connectivity index (χ1n) is 9.26. The summed E-state index contributed by atoms with van der Waals surface area (Å²) in [6.07, 6.45) is 5.17. The maximum absolute atomic E-state index is 12.8. The molecule has 124 valence electrons. The van der Waals surface area contributed by atoms with Crippen LogP contribution in [0.25, 0.3) is 0 Å². The summed E-state index contributed by atoms with van der Waals surface area (Å²) >= 11 is 0. The van der Waals surface area contributed by atoms with Crippen molar-refractivity contribution in [1.82, 2.24) is 9.80 Å². The molecule has 2 aliphatic carbocycles. The fraction of sp³-hybridized carbons (Fsp3) is 0.650. The molecule has 0 aromatic heterocycles. The van der Waals surface area contributed by atoms with Crippen molar-refractivity contribution in [2.24, 2.45) is 17.8 Å². The van der Waals surface area contributed by atoms with Gasteiger partial charge in [-0.2, -0.15) is 0 Å². The minimum absolute atomic E-state index is 0.358. The second-order valence-corrected chi connectivity index (χ2v) is 7.81. The van der Waals surface area contributed by atoms with Gasteiger partial charge in [-0.1, -0.05) is 30.7 Å². The number of benzene rings is 1. The van der Waals surface area contributed by atoms with Crippen LogP contribution in [0.2, 0.25) is 0 Å². The molecule has 4 rings (SSSR count). The van der Waals surface area contributed by atoms with Crippen molar-refractivity contribution in [3.8, 4) is 0 Å². The number of aryl methyl sites for hydroxylation is 1. The molecule has 3 heteroatoms. The summed E-state index contributed by atoms with van der Waals surface area (Å²) in [5.41, 5.74) is 2.79. The van der Waals surface area contributed by atoms with Crippen LogP contribution < -0.4 is 0 Å². The maximum atomic E-state index is 12.8. The third-order valence-corrected chi connectivity index (χ3v) is 6.39. The highest BCUT2D eigenvalue weighted by Crippen LogP contribution is 2.48. The first kappa shape index (κ1) is 15.2. The van der Waals surface area contributed by atoms with E-state index in [1.807, 2.05) is 0 Å². The van der Waals surface area contributed by atoms with Crippen LogP contribution in [0.15, 0.2) is 24.3 Å². The Bertz CT molecular complexity index is 577. The van der Waals surface area contributed by atoms with Crippen molar-refractivity contribution in [2.45, 2.75) is 39.2 Å². The zero-order valence-electron chi connectivity index (χ0n) is 14.2. The molecule has 1 amide bonds. The lowest BCUT2D eigenvalue weighted by molar-refractivity contribution is -0.139. The number of hydrogen-bond donors (Lipinski definition) is 0. The van der Waals surface area contributed by atoms with Crippen molar-refractivity contribution in [2.75, 3.05) is 26.2 Å². The van der Waals surface area contributed by atoms with E-state index in [4.69, 9.17) is 0 Å². The quantitative estimate of drug-likeness (QED) is 0.856. The lowest BCUT2D eigenvalue weighted by atomic mass is 9.87. The van der Waals surface area contributed by atoms with E-state index < -0.39 is 0 Å². The van der Waals surface area contributed by atoms with E-state index in [9.17, 15) is 4.79 Å². The summed E-state index contributed by atoms with van der Waals surface area (Å²) < 4.78 is 0. The van der Waals surface area contributed by atoms with E-state index in [2.05, 4.69) is 41.0 Å². The number of hydrogen-bond acceptors (Lipinski definition) is 2. The number of nitrogens with zero attached hydrogens (tertiary/aromatic N) is 2. The molecule has 1 aromatic rings. The highest BCUT2D eigenvalue weighted by molar-refractivity contribution is 5.79. The molecule has 2 bridgehead atoms. The number of rotatable bonds is 3. The Balaban J connectivity index is 1.31. The standard InChI is InChI=1S/C20H28N2O/c1-15-4-2-3-5-18(15)14-21-8-10-22(11-9-21)20(23)19-13-16-6-7-17(19)12-16/h2-5,16-17,19H,6-14H2,1H3. The molecule has 2 saturated carbocycles. The van der Waals surface area contributed by atoms with E-state index in [0.717, 1.165) is 38.6 Å². The van der Waals surface area contributed by atoms with Crippen LogP contribution in [0.5, 0.6) is 0 Å². The van der Waals surface area contributed by atoms with Crippen molar-refractivity contribution in [3.05, 3.63) is 35.4 Å². The van der Waals surface area contributed by atoms with Crippen LogP contribution in [-0.4, -0.2) is 41.9 Å². The Morgan fingerprint density at radius 3 is 2.52 bits per heavy atom. The zero-order chi connectivity index (χ0) is 15.8. The Hall–Kier alpha value is -1.35. The molecule has 3 atom stereocenters.